The minimum Gasteiger partial charge on any atom is -0.656 e. The first-order chi connectivity index (χ1) is 25.1. The van der Waals surface area contributed by atoms with Gasteiger partial charge in [0.1, 0.15) is 0 Å². The van der Waals surface area contributed by atoms with Crippen molar-refractivity contribution >= 4 is 78.2 Å². The summed E-state index contributed by atoms with van der Waals surface area (Å²) < 4.78 is 1.67. The molecule has 0 fully saturated rings. The van der Waals surface area contributed by atoms with Crippen LogP contribution in [-0.4, -0.2) is 9.97 Å². The van der Waals surface area contributed by atoms with E-state index in [4.69, 9.17) is 19.9 Å². The van der Waals surface area contributed by atoms with E-state index in [0.717, 1.165) is 76.0 Å². The summed E-state index contributed by atoms with van der Waals surface area (Å²) in [6, 6.07) is 22.4. The van der Waals surface area contributed by atoms with Crippen LogP contribution >= 0.6 is 31.9 Å². The van der Waals surface area contributed by atoms with Crippen molar-refractivity contribution in [1.29, 1.82) is 0 Å². The van der Waals surface area contributed by atoms with Gasteiger partial charge in [-0.15, -0.1) is 22.1 Å². The summed E-state index contributed by atoms with van der Waals surface area (Å²) in [6.07, 6.45) is 8.37. The molecule has 5 heterocycles. The number of hydrogen-bond donors (Lipinski definition) is 0. The molecule has 0 saturated heterocycles. The maximum Gasteiger partial charge on any atom is 2.00 e. The molecule has 7 heteroatoms. The molecule has 5 aromatic rings. The maximum atomic E-state index is 5.54. The summed E-state index contributed by atoms with van der Waals surface area (Å²) in [6.45, 7) is 27.4. The summed E-state index contributed by atoms with van der Waals surface area (Å²) in [5.41, 5.74) is 15.8. The Bertz CT molecular complexity index is 2320. The Morgan fingerprint density at radius 3 is 0.982 bits per heavy atom. The van der Waals surface area contributed by atoms with Gasteiger partial charge in [0.15, 0.2) is 0 Å². The quantitative estimate of drug-likeness (QED) is 0.162. The van der Waals surface area contributed by atoms with Gasteiger partial charge in [0.25, 0.3) is 0 Å². The van der Waals surface area contributed by atoms with E-state index in [0.29, 0.717) is 0 Å². The average Bonchev–Trinajstić information content (AvgIpc) is 3.91. The van der Waals surface area contributed by atoms with Gasteiger partial charge in [-0.25, -0.2) is 9.97 Å². The normalized spacial score (nSPS) is 13.3. The summed E-state index contributed by atoms with van der Waals surface area (Å²) in [5.74, 6) is 0. The van der Waals surface area contributed by atoms with Crippen molar-refractivity contribution in [2.45, 2.75) is 105 Å². The zero-order chi connectivity index (χ0) is 39.1. The topological polar surface area (TPSA) is 54.0 Å². The van der Waals surface area contributed by atoms with Crippen molar-refractivity contribution in [2.75, 3.05) is 0 Å². The molecule has 0 saturated carbocycles. The molecule has 0 radical (unpaired) electrons. The minimum atomic E-state index is -0.0572. The van der Waals surface area contributed by atoms with Gasteiger partial charge in [-0.2, -0.15) is 0 Å². The molecule has 0 N–H and O–H groups in total. The van der Waals surface area contributed by atoms with Gasteiger partial charge in [-0.1, -0.05) is 144 Å². The Hall–Kier alpha value is -3.38. The Morgan fingerprint density at radius 2 is 0.673 bits per heavy atom. The number of nitrogens with zero attached hydrogens (tertiary/aromatic N) is 4. The van der Waals surface area contributed by atoms with Crippen molar-refractivity contribution < 1.29 is 19.5 Å². The fraction of sp³-hybridized carbons (Fsp3) is 0.333. The first-order valence-corrected chi connectivity index (χ1v) is 20.4. The molecular weight excluding hydrogens is 858 g/mol. The molecule has 2 aromatic carbocycles. The number of aromatic nitrogens is 4. The molecule has 0 unspecified atom stereocenters. The molecular formula is C48H50Br2N4Zn. The molecule has 4 nitrogen and oxygen atoms in total. The second-order valence-electron chi connectivity index (χ2n) is 18.8. The van der Waals surface area contributed by atoms with E-state index in [1.54, 1.807) is 0 Å². The molecule has 0 amide bonds. The molecule has 8 bridgehead atoms. The van der Waals surface area contributed by atoms with E-state index in [2.05, 4.69) is 188 Å². The van der Waals surface area contributed by atoms with Gasteiger partial charge in [0.2, 0.25) is 0 Å². The van der Waals surface area contributed by atoms with Gasteiger partial charge in [0.05, 0.1) is 22.8 Å². The van der Waals surface area contributed by atoms with Crippen LogP contribution in [0.15, 0.2) is 69.6 Å². The summed E-state index contributed by atoms with van der Waals surface area (Å²) in [4.78, 5) is 21.1. The number of fused-ring (bicyclic) bond motifs is 8. The van der Waals surface area contributed by atoms with Gasteiger partial charge >= 0.3 is 19.5 Å². The van der Waals surface area contributed by atoms with Crippen molar-refractivity contribution in [1.82, 2.24) is 19.9 Å². The summed E-state index contributed by atoms with van der Waals surface area (Å²) >= 11 is 7.73. The van der Waals surface area contributed by atoms with Gasteiger partial charge in [-0.3, -0.25) is 0 Å². The van der Waals surface area contributed by atoms with Crippen LogP contribution in [0.5, 0.6) is 0 Å². The van der Waals surface area contributed by atoms with Crippen molar-refractivity contribution in [2.24, 2.45) is 0 Å². The molecule has 278 valence electrons. The van der Waals surface area contributed by atoms with Crippen LogP contribution in [-0.2, 0) is 41.1 Å². The van der Waals surface area contributed by atoms with E-state index in [1.807, 2.05) is 12.2 Å². The fourth-order valence-electron chi connectivity index (χ4n) is 6.89. The van der Waals surface area contributed by atoms with Crippen LogP contribution in [0.4, 0.5) is 0 Å². The van der Waals surface area contributed by atoms with Crippen LogP contribution in [0, 0.1) is 0 Å². The fourth-order valence-corrected chi connectivity index (χ4v) is 7.77. The zero-order valence-corrected chi connectivity index (χ0v) is 40.5. The average molecular weight is 908 g/mol. The maximum absolute atomic E-state index is 5.54. The summed E-state index contributed by atoms with van der Waals surface area (Å²) in [5, 5.41) is 0. The van der Waals surface area contributed by atoms with E-state index < -0.39 is 0 Å². The van der Waals surface area contributed by atoms with E-state index in [9.17, 15) is 0 Å². The third-order valence-electron chi connectivity index (χ3n) is 10.4. The molecule has 0 atom stereocenters. The van der Waals surface area contributed by atoms with Crippen LogP contribution in [0.3, 0.4) is 0 Å². The molecule has 55 heavy (non-hydrogen) atoms. The predicted molar refractivity (Wildman–Crippen MR) is 238 cm³/mol. The van der Waals surface area contributed by atoms with E-state index in [1.165, 1.54) is 22.3 Å². The Labute approximate surface area is 356 Å². The van der Waals surface area contributed by atoms with E-state index in [-0.39, 0.29) is 41.1 Å². The molecule has 2 aliphatic rings. The van der Waals surface area contributed by atoms with Crippen molar-refractivity contribution in [3.05, 3.63) is 115 Å². The third-order valence-corrected chi connectivity index (χ3v) is 12.0. The molecule has 7 rings (SSSR count). The molecule has 0 aliphatic carbocycles. The predicted octanol–water partition coefficient (Wildman–Crippen LogP) is 14.0. The smallest absolute Gasteiger partial charge is 0.656 e. The van der Waals surface area contributed by atoms with Crippen LogP contribution < -0.4 is 9.97 Å². The van der Waals surface area contributed by atoms with Crippen molar-refractivity contribution in [3.63, 3.8) is 0 Å². The first-order valence-electron chi connectivity index (χ1n) is 18.8. The molecule has 2 aliphatic heterocycles. The van der Waals surface area contributed by atoms with Crippen LogP contribution in [0.1, 0.15) is 128 Å². The number of hydrogen-bond acceptors (Lipinski definition) is 2. The van der Waals surface area contributed by atoms with Gasteiger partial charge < -0.3 is 9.97 Å². The van der Waals surface area contributed by atoms with E-state index >= 15 is 0 Å². The largest absolute Gasteiger partial charge is 2.00 e. The van der Waals surface area contributed by atoms with Gasteiger partial charge in [-0.05, 0) is 122 Å². The standard InChI is InChI=1S/C48H50Br2N4.Zn/c1-45(2,3)29-21-27(22-30(25-29)46(4,5)6)41-33-13-14-34(51-33)42(28-23-31(47(7,8)9)26-32(24-28)48(10,11)12)36-16-18-38(53-36)44(50)40-20-19-39(54-40)43(49)37-17-15-35(41)52-37;/h13-26H,1-12H3;/q-2;+2. The number of halogens is 2. The number of benzene rings is 2. The third kappa shape index (κ3) is 8.23. The van der Waals surface area contributed by atoms with Crippen LogP contribution in [0.25, 0.3) is 68.6 Å². The Kier molecular flexibility index (Phi) is 10.9. The monoisotopic (exact) mass is 904 g/mol. The first kappa shape index (κ1) is 41.3. The minimum absolute atomic E-state index is 0. The SMILES string of the molecule is CC(C)(C)c1cc(-c2c3nc(c(-c4cc(C(C)(C)C)cc(C(C)(C)C)c4)c4ccc([n-]4)c(Br)c4nc(c(Br)c5ccc2[n-]5)C=C4)C=C3)cc(C(C)(C)C)c1.[Zn+2]. The Morgan fingerprint density at radius 1 is 0.400 bits per heavy atom. The second kappa shape index (κ2) is 14.5. The molecule has 3 aromatic heterocycles. The van der Waals surface area contributed by atoms with Crippen LogP contribution in [0.2, 0.25) is 0 Å². The Balaban J connectivity index is 0.00000514. The van der Waals surface area contributed by atoms with Crippen molar-refractivity contribution in [3.8, 4) is 22.3 Å². The van der Waals surface area contributed by atoms with Gasteiger partial charge in [0, 0.05) is 8.95 Å². The number of rotatable bonds is 2. The molecule has 0 spiro atoms. The second-order valence-corrected chi connectivity index (χ2v) is 20.4. The zero-order valence-electron chi connectivity index (χ0n) is 34.3. The summed E-state index contributed by atoms with van der Waals surface area (Å²) in [7, 11) is 0.